The zero-order chi connectivity index (χ0) is 21.7. The Balaban J connectivity index is 2.08. The molecule has 0 atom stereocenters. The fraction of sp³-hybridized carbons (Fsp3) is 0.440. The molecule has 0 aliphatic carbocycles. The molecule has 0 radical (unpaired) electrons. The van der Waals surface area contributed by atoms with Gasteiger partial charge in [0.25, 0.3) is 0 Å². The Hall–Kier alpha value is -2.82. The summed E-state index contributed by atoms with van der Waals surface area (Å²) in [5.74, 6) is -0.331. The Kier molecular flexibility index (Phi) is 6.80. The van der Waals surface area contributed by atoms with Crippen LogP contribution in [0.25, 0.3) is 0 Å². The standard InChI is InChI=1S/C25H32N2O3/c1-5-26(18-19-12-7-6-8-13-19)21-15-11-14-20(24(29)30-25(2,3)4)23(21)27-17-10-9-16-22(27)28/h6-8,11-15H,5,9-10,16-18H2,1-4H3. The van der Waals surface area contributed by atoms with Gasteiger partial charge in [-0.1, -0.05) is 36.4 Å². The van der Waals surface area contributed by atoms with Gasteiger partial charge in [0, 0.05) is 26.1 Å². The summed E-state index contributed by atoms with van der Waals surface area (Å²) in [6.45, 7) is 9.72. The highest BCUT2D eigenvalue weighted by atomic mass is 16.6. The number of para-hydroxylation sites is 1. The summed E-state index contributed by atoms with van der Waals surface area (Å²) in [5.41, 5.74) is 2.58. The van der Waals surface area contributed by atoms with Crippen LogP contribution in [0, 0.1) is 0 Å². The lowest BCUT2D eigenvalue weighted by Crippen LogP contribution is -2.38. The van der Waals surface area contributed by atoms with Crippen molar-refractivity contribution in [2.75, 3.05) is 22.9 Å². The van der Waals surface area contributed by atoms with Crippen LogP contribution in [0.3, 0.4) is 0 Å². The number of benzene rings is 2. The normalized spacial score (nSPS) is 14.5. The summed E-state index contributed by atoms with van der Waals surface area (Å²) >= 11 is 0. The number of rotatable bonds is 6. The van der Waals surface area contributed by atoms with Gasteiger partial charge in [-0.2, -0.15) is 0 Å². The summed E-state index contributed by atoms with van der Waals surface area (Å²) in [5, 5.41) is 0. The van der Waals surface area contributed by atoms with Gasteiger partial charge in [-0.15, -0.1) is 0 Å². The van der Waals surface area contributed by atoms with Gasteiger partial charge in [0.2, 0.25) is 5.91 Å². The van der Waals surface area contributed by atoms with E-state index in [1.165, 1.54) is 5.56 Å². The molecule has 0 unspecified atom stereocenters. The summed E-state index contributed by atoms with van der Waals surface area (Å²) in [7, 11) is 0. The number of nitrogens with zero attached hydrogens (tertiary/aromatic N) is 2. The minimum Gasteiger partial charge on any atom is -0.456 e. The average molecular weight is 409 g/mol. The van der Waals surface area contributed by atoms with E-state index >= 15 is 0 Å². The van der Waals surface area contributed by atoms with Crippen molar-refractivity contribution in [2.24, 2.45) is 0 Å². The number of hydrogen-bond donors (Lipinski definition) is 0. The number of piperidine rings is 1. The Morgan fingerprint density at radius 3 is 2.43 bits per heavy atom. The third-order valence-corrected chi connectivity index (χ3v) is 5.17. The van der Waals surface area contributed by atoms with E-state index in [1.54, 1.807) is 11.0 Å². The molecule has 1 amide bonds. The van der Waals surface area contributed by atoms with Gasteiger partial charge in [-0.25, -0.2) is 4.79 Å². The Morgan fingerprint density at radius 1 is 1.07 bits per heavy atom. The fourth-order valence-corrected chi connectivity index (χ4v) is 3.78. The maximum atomic E-state index is 13.1. The van der Waals surface area contributed by atoms with Gasteiger partial charge in [-0.3, -0.25) is 4.79 Å². The zero-order valence-corrected chi connectivity index (χ0v) is 18.5. The molecule has 5 heteroatoms. The number of carbonyl (C=O) groups is 2. The van der Waals surface area contributed by atoms with E-state index in [2.05, 4.69) is 24.0 Å². The molecule has 5 nitrogen and oxygen atoms in total. The van der Waals surface area contributed by atoms with Gasteiger partial charge in [0.15, 0.2) is 0 Å². The largest absolute Gasteiger partial charge is 0.456 e. The molecule has 1 aliphatic heterocycles. The summed E-state index contributed by atoms with van der Waals surface area (Å²) in [6, 6.07) is 15.9. The molecule has 2 aromatic carbocycles. The predicted octanol–water partition coefficient (Wildman–Crippen LogP) is 5.19. The van der Waals surface area contributed by atoms with Crippen molar-refractivity contribution < 1.29 is 14.3 Å². The van der Waals surface area contributed by atoms with Crippen LogP contribution in [-0.2, 0) is 16.1 Å². The number of ether oxygens (including phenoxy) is 1. The van der Waals surface area contributed by atoms with Crippen molar-refractivity contribution in [3.05, 3.63) is 59.7 Å². The smallest absolute Gasteiger partial charge is 0.340 e. The Bertz CT molecular complexity index is 887. The summed E-state index contributed by atoms with van der Waals surface area (Å²) in [4.78, 5) is 29.9. The van der Waals surface area contributed by atoms with Crippen molar-refractivity contribution in [2.45, 2.75) is 59.1 Å². The molecule has 3 rings (SSSR count). The van der Waals surface area contributed by atoms with Crippen LogP contribution < -0.4 is 9.80 Å². The van der Waals surface area contributed by atoms with Gasteiger partial charge in [0.05, 0.1) is 16.9 Å². The van der Waals surface area contributed by atoms with E-state index in [9.17, 15) is 9.59 Å². The SMILES string of the molecule is CCN(Cc1ccccc1)c1cccc(C(=O)OC(C)(C)C)c1N1CCCCC1=O. The van der Waals surface area contributed by atoms with Gasteiger partial charge in [0.1, 0.15) is 5.60 Å². The number of esters is 1. The van der Waals surface area contributed by atoms with E-state index in [1.807, 2.05) is 51.1 Å². The molecule has 1 fully saturated rings. The lowest BCUT2D eigenvalue weighted by atomic mass is 10.0. The Labute approximate surface area is 179 Å². The highest BCUT2D eigenvalue weighted by molar-refractivity contribution is 6.06. The fourth-order valence-electron chi connectivity index (χ4n) is 3.78. The van der Waals surface area contributed by atoms with Crippen molar-refractivity contribution in [3.63, 3.8) is 0 Å². The first kappa shape index (κ1) is 21.9. The van der Waals surface area contributed by atoms with Crippen LogP contribution in [0.15, 0.2) is 48.5 Å². The van der Waals surface area contributed by atoms with Crippen LogP contribution in [0.5, 0.6) is 0 Å². The zero-order valence-electron chi connectivity index (χ0n) is 18.5. The number of hydrogen-bond acceptors (Lipinski definition) is 4. The molecule has 1 aliphatic rings. The quantitative estimate of drug-likeness (QED) is 0.618. The monoisotopic (exact) mass is 408 g/mol. The van der Waals surface area contributed by atoms with Crippen molar-refractivity contribution in [3.8, 4) is 0 Å². The number of anilines is 2. The molecule has 2 aromatic rings. The summed E-state index contributed by atoms with van der Waals surface area (Å²) in [6.07, 6.45) is 2.33. The van der Waals surface area contributed by atoms with Crippen LogP contribution in [0.2, 0.25) is 0 Å². The number of amides is 1. The maximum absolute atomic E-state index is 13.1. The van der Waals surface area contributed by atoms with E-state index < -0.39 is 11.6 Å². The summed E-state index contributed by atoms with van der Waals surface area (Å²) < 4.78 is 5.68. The minimum absolute atomic E-state index is 0.0641. The van der Waals surface area contributed by atoms with Crippen LogP contribution >= 0.6 is 0 Å². The molecule has 0 spiro atoms. The minimum atomic E-state index is -0.606. The lowest BCUT2D eigenvalue weighted by Gasteiger charge is -2.34. The first-order valence-corrected chi connectivity index (χ1v) is 10.8. The van der Waals surface area contributed by atoms with Gasteiger partial charge < -0.3 is 14.5 Å². The second kappa shape index (κ2) is 9.33. The highest BCUT2D eigenvalue weighted by Gasteiger charge is 2.30. The first-order chi connectivity index (χ1) is 14.3. The lowest BCUT2D eigenvalue weighted by molar-refractivity contribution is -0.119. The molecular formula is C25H32N2O3. The van der Waals surface area contributed by atoms with Crippen LogP contribution in [0.4, 0.5) is 11.4 Å². The molecule has 1 saturated heterocycles. The van der Waals surface area contributed by atoms with E-state index in [-0.39, 0.29) is 5.91 Å². The molecule has 30 heavy (non-hydrogen) atoms. The van der Waals surface area contributed by atoms with Gasteiger partial charge >= 0.3 is 5.97 Å². The Morgan fingerprint density at radius 2 is 1.80 bits per heavy atom. The van der Waals surface area contributed by atoms with Crippen molar-refractivity contribution in [1.82, 2.24) is 0 Å². The average Bonchev–Trinajstić information content (AvgIpc) is 2.71. The molecule has 0 N–H and O–H groups in total. The molecule has 0 aromatic heterocycles. The van der Waals surface area contributed by atoms with Crippen molar-refractivity contribution >= 4 is 23.3 Å². The van der Waals surface area contributed by atoms with E-state index in [4.69, 9.17) is 4.74 Å². The number of carbonyl (C=O) groups excluding carboxylic acids is 2. The topological polar surface area (TPSA) is 49.9 Å². The second-order valence-corrected chi connectivity index (χ2v) is 8.68. The van der Waals surface area contributed by atoms with Crippen molar-refractivity contribution in [1.29, 1.82) is 0 Å². The second-order valence-electron chi connectivity index (χ2n) is 8.68. The molecule has 1 heterocycles. The van der Waals surface area contributed by atoms with E-state index in [0.29, 0.717) is 30.8 Å². The molecule has 0 saturated carbocycles. The highest BCUT2D eigenvalue weighted by Crippen LogP contribution is 2.37. The predicted molar refractivity (Wildman–Crippen MR) is 121 cm³/mol. The molecular weight excluding hydrogens is 376 g/mol. The molecule has 0 bridgehead atoms. The van der Waals surface area contributed by atoms with Crippen LogP contribution in [0.1, 0.15) is 62.9 Å². The van der Waals surface area contributed by atoms with Gasteiger partial charge in [-0.05, 0) is 58.2 Å². The first-order valence-electron chi connectivity index (χ1n) is 10.8. The van der Waals surface area contributed by atoms with Crippen LogP contribution in [-0.4, -0.2) is 30.6 Å². The maximum Gasteiger partial charge on any atom is 0.340 e. The third kappa shape index (κ3) is 5.21. The molecule has 160 valence electrons. The third-order valence-electron chi connectivity index (χ3n) is 5.17. The van der Waals surface area contributed by atoms with E-state index in [0.717, 1.165) is 25.1 Å².